The molecule has 0 aliphatic carbocycles. The van der Waals surface area contributed by atoms with Crippen LogP contribution >= 0.6 is 0 Å². The largest absolute Gasteiger partial charge is 0.486 e. The molecule has 0 radical (unpaired) electrons. The average Bonchev–Trinajstić information content (AvgIpc) is 3.18. The van der Waals surface area contributed by atoms with Crippen LogP contribution in [0.15, 0.2) is 76.6 Å². The van der Waals surface area contributed by atoms with Crippen LogP contribution < -0.4 is 4.74 Å². The molecule has 8 heteroatoms. The van der Waals surface area contributed by atoms with Crippen molar-refractivity contribution in [3.63, 3.8) is 0 Å². The zero-order valence-electron chi connectivity index (χ0n) is 17.1. The van der Waals surface area contributed by atoms with Gasteiger partial charge in [-0.25, -0.2) is 18.4 Å². The van der Waals surface area contributed by atoms with Crippen LogP contribution in [0.1, 0.15) is 5.82 Å². The van der Waals surface area contributed by atoms with Gasteiger partial charge in [0.2, 0.25) is 0 Å². The number of fused-ring (bicyclic) bond motifs is 1. The summed E-state index contributed by atoms with van der Waals surface area (Å²) in [4.78, 5) is 12.2. The van der Waals surface area contributed by atoms with Gasteiger partial charge in [-0.05, 0) is 48.0 Å². The van der Waals surface area contributed by atoms with Crippen LogP contribution in [0.3, 0.4) is 0 Å². The summed E-state index contributed by atoms with van der Waals surface area (Å²) in [5.41, 5.74) is 3.80. The number of aliphatic imine (C=N–C) groups is 1. The normalized spacial score (nSPS) is 11.8. The van der Waals surface area contributed by atoms with Crippen molar-refractivity contribution in [2.24, 2.45) is 4.99 Å². The Bertz CT molecular complexity index is 1340. The molecule has 1 N–H and O–H groups in total. The van der Waals surface area contributed by atoms with E-state index in [1.165, 1.54) is 12.7 Å². The zero-order valence-corrected chi connectivity index (χ0v) is 17.9. The van der Waals surface area contributed by atoms with Crippen molar-refractivity contribution < 1.29 is 17.9 Å². The lowest BCUT2D eigenvalue weighted by Gasteiger charge is -2.07. The average molecular weight is 436 g/mol. The van der Waals surface area contributed by atoms with Gasteiger partial charge in [-0.1, -0.05) is 24.3 Å². The number of sulfone groups is 1. The van der Waals surface area contributed by atoms with E-state index in [1.807, 2.05) is 48.5 Å². The van der Waals surface area contributed by atoms with Crippen molar-refractivity contribution in [2.45, 2.75) is 11.5 Å². The minimum Gasteiger partial charge on any atom is -0.486 e. The van der Waals surface area contributed by atoms with E-state index >= 15 is 0 Å². The molecule has 158 valence electrons. The Morgan fingerprint density at radius 1 is 1.06 bits per heavy atom. The van der Waals surface area contributed by atoms with Crippen LogP contribution in [0.5, 0.6) is 5.75 Å². The van der Waals surface area contributed by atoms with E-state index in [1.54, 1.807) is 25.3 Å². The Balaban J connectivity index is 1.54. The topological polar surface area (TPSA) is 93.6 Å². The molecule has 0 atom stereocenters. The Morgan fingerprint density at radius 3 is 2.58 bits per heavy atom. The molecule has 1 aromatic heterocycles. The monoisotopic (exact) mass is 435 g/mol. The minimum absolute atomic E-state index is 0.268. The van der Waals surface area contributed by atoms with E-state index in [2.05, 4.69) is 15.0 Å². The van der Waals surface area contributed by atoms with Crippen molar-refractivity contribution >= 4 is 33.0 Å². The van der Waals surface area contributed by atoms with E-state index in [9.17, 15) is 8.42 Å². The molecule has 31 heavy (non-hydrogen) atoms. The van der Waals surface area contributed by atoms with E-state index < -0.39 is 9.84 Å². The highest BCUT2D eigenvalue weighted by atomic mass is 32.2. The summed E-state index contributed by atoms with van der Waals surface area (Å²) in [6, 6.07) is 19.9. The van der Waals surface area contributed by atoms with Crippen LogP contribution in [-0.2, 0) is 21.2 Å². The summed E-state index contributed by atoms with van der Waals surface area (Å²) in [6.45, 7) is 0.268. The third-order valence-electron chi connectivity index (χ3n) is 4.65. The molecular weight excluding hydrogens is 414 g/mol. The summed E-state index contributed by atoms with van der Waals surface area (Å²) in [5.74, 6) is 1.37. The number of methoxy groups -OCH3 is 1. The maximum absolute atomic E-state index is 12.1. The van der Waals surface area contributed by atoms with Crippen molar-refractivity contribution in [3.05, 3.63) is 72.6 Å². The number of ether oxygens (including phenoxy) is 2. The summed E-state index contributed by atoms with van der Waals surface area (Å²) in [5, 5.41) is 0. The molecule has 0 fully saturated rings. The number of benzene rings is 3. The Kier molecular flexibility index (Phi) is 5.73. The highest BCUT2D eigenvalue weighted by Gasteiger charge is 2.15. The predicted molar refractivity (Wildman–Crippen MR) is 121 cm³/mol. The zero-order chi connectivity index (χ0) is 21.8. The summed E-state index contributed by atoms with van der Waals surface area (Å²) in [6.07, 6.45) is 2.58. The summed E-state index contributed by atoms with van der Waals surface area (Å²) in [7, 11) is -1.80. The number of rotatable bonds is 7. The predicted octanol–water partition coefficient (Wildman–Crippen LogP) is 4.52. The van der Waals surface area contributed by atoms with Gasteiger partial charge in [-0.2, -0.15) is 0 Å². The van der Waals surface area contributed by atoms with Gasteiger partial charge in [0.15, 0.2) is 16.2 Å². The molecule has 1 heterocycles. The standard InChI is InChI=1S/C23H21N3O4S/c1-29-15-24-17-8-10-18(11-9-17)30-14-23-25-20-12-7-16(13-21(20)26-23)19-5-3-4-6-22(19)31(2,27)28/h3-13,15H,14H2,1-2H3,(H,25,26). The van der Waals surface area contributed by atoms with Crippen molar-refractivity contribution in [1.82, 2.24) is 9.97 Å². The lowest BCUT2D eigenvalue weighted by Crippen LogP contribution is -1.99. The first-order valence-electron chi connectivity index (χ1n) is 9.50. The number of aromatic nitrogens is 2. The smallest absolute Gasteiger partial charge is 0.176 e. The number of hydrogen-bond acceptors (Lipinski definition) is 6. The number of H-pyrrole nitrogens is 1. The molecule has 0 bridgehead atoms. The molecule has 7 nitrogen and oxygen atoms in total. The van der Waals surface area contributed by atoms with E-state index in [4.69, 9.17) is 9.47 Å². The second kappa shape index (κ2) is 8.61. The number of nitrogens with zero attached hydrogens (tertiary/aromatic N) is 2. The highest BCUT2D eigenvalue weighted by Crippen LogP contribution is 2.29. The van der Waals surface area contributed by atoms with Gasteiger partial charge in [0, 0.05) is 11.8 Å². The maximum atomic E-state index is 12.1. The molecule has 0 saturated heterocycles. The molecule has 4 aromatic rings. The number of imidazole rings is 1. The molecular formula is C23H21N3O4S. The highest BCUT2D eigenvalue weighted by molar-refractivity contribution is 7.90. The summed E-state index contributed by atoms with van der Waals surface area (Å²) >= 11 is 0. The fraction of sp³-hybridized carbons (Fsp3) is 0.130. The van der Waals surface area contributed by atoms with Gasteiger partial charge < -0.3 is 14.5 Å². The fourth-order valence-corrected chi connectivity index (χ4v) is 4.13. The van der Waals surface area contributed by atoms with Crippen molar-refractivity contribution in [2.75, 3.05) is 13.4 Å². The Labute approximate surface area is 180 Å². The van der Waals surface area contributed by atoms with Crippen molar-refractivity contribution in [3.8, 4) is 16.9 Å². The third-order valence-corrected chi connectivity index (χ3v) is 5.80. The van der Waals surface area contributed by atoms with Crippen LogP contribution in [-0.4, -0.2) is 38.2 Å². The van der Waals surface area contributed by atoms with Gasteiger partial charge in [0.05, 0.1) is 28.7 Å². The maximum Gasteiger partial charge on any atom is 0.176 e. The summed E-state index contributed by atoms with van der Waals surface area (Å²) < 4.78 is 34.9. The van der Waals surface area contributed by atoms with Gasteiger partial charge in [0.1, 0.15) is 18.2 Å². The first kappa shape index (κ1) is 20.6. The number of aromatic amines is 1. The minimum atomic E-state index is -3.34. The van der Waals surface area contributed by atoms with E-state index in [0.717, 1.165) is 22.3 Å². The Hall–Kier alpha value is -3.65. The second-order valence-electron chi connectivity index (χ2n) is 6.94. The fourth-order valence-electron chi connectivity index (χ4n) is 3.22. The van der Waals surface area contributed by atoms with Gasteiger partial charge in [0.25, 0.3) is 0 Å². The molecule has 0 aliphatic rings. The first-order chi connectivity index (χ1) is 14.9. The van der Waals surface area contributed by atoms with Crippen molar-refractivity contribution in [1.29, 1.82) is 0 Å². The Morgan fingerprint density at radius 2 is 1.84 bits per heavy atom. The molecule has 0 aliphatic heterocycles. The number of hydrogen-bond donors (Lipinski definition) is 1. The lowest BCUT2D eigenvalue weighted by atomic mass is 10.1. The van der Waals surface area contributed by atoms with E-state index in [-0.39, 0.29) is 6.61 Å². The lowest BCUT2D eigenvalue weighted by molar-refractivity contribution is 0.297. The molecule has 4 rings (SSSR count). The quantitative estimate of drug-likeness (QED) is 0.340. The van der Waals surface area contributed by atoms with Crippen LogP contribution in [0.4, 0.5) is 5.69 Å². The van der Waals surface area contributed by atoms with Gasteiger partial charge >= 0.3 is 0 Å². The molecule has 0 unspecified atom stereocenters. The van der Waals surface area contributed by atoms with Gasteiger partial charge in [-0.3, -0.25) is 0 Å². The van der Waals surface area contributed by atoms with Crippen LogP contribution in [0.2, 0.25) is 0 Å². The van der Waals surface area contributed by atoms with Crippen LogP contribution in [0.25, 0.3) is 22.2 Å². The molecule has 0 spiro atoms. The SMILES string of the molecule is COC=Nc1ccc(OCc2nc3cc(-c4ccccc4S(C)(=O)=O)ccc3[nH]2)cc1. The molecule has 0 saturated carbocycles. The first-order valence-corrected chi connectivity index (χ1v) is 11.4. The second-order valence-corrected chi connectivity index (χ2v) is 8.92. The molecule has 3 aromatic carbocycles. The third kappa shape index (κ3) is 4.75. The molecule has 0 amide bonds. The number of nitrogens with one attached hydrogen (secondary N) is 1. The van der Waals surface area contributed by atoms with Gasteiger partial charge in [-0.15, -0.1) is 0 Å². The van der Waals surface area contributed by atoms with E-state index in [0.29, 0.717) is 22.0 Å². The van der Waals surface area contributed by atoms with Crippen LogP contribution in [0, 0.1) is 0 Å².